The lowest BCUT2D eigenvalue weighted by Crippen LogP contribution is -2.49. The van der Waals surface area contributed by atoms with Crippen LogP contribution in [0.15, 0.2) is 48.7 Å². The van der Waals surface area contributed by atoms with E-state index in [-0.39, 0.29) is 5.91 Å². The number of carbonyl (C=O) groups excluding carboxylic acids is 1. The van der Waals surface area contributed by atoms with E-state index in [9.17, 15) is 4.79 Å². The first-order valence-electron chi connectivity index (χ1n) is 10.9. The molecule has 0 unspecified atom stereocenters. The number of nitrogens with zero attached hydrogens (tertiary/aromatic N) is 6. The van der Waals surface area contributed by atoms with Crippen LogP contribution in [0.5, 0.6) is 0 Å². The molecule has 0 saturated carbocycles. The van der Waals surface area contributed by atoms with E-state index in [2.05, 4.69) is 32.4 Å². The highest BCUT2D eigenvalue weighted by Crippen LogP contribution is 2.23. The first-order valence-corrected chi connectivity index (χ1v) is 10.9. The van der Waals surface area contributed by atoms with Crippen LogP contribution in [0, 0.1) is 6.92 Å². The van der Waals surface area contributed by atoms with Crippen LogP contribution in [0.25, 0.3) is 5.52 Å². The molecule has 1 aliphatic heterocycles. The van der Waals surface area contributed by atoms with Crippen LogP contribution in [-0.4, -0.2) is 61.8 Å². The van der Waals surface area contributed by atoms with E-state index in [1.807, 2.05) is 65.0 Å². The molecular formula is C23H26N8O. The highest BCUT2D eigenvalue weighted by Gasteiger charge is 2.24. The molecule has 164 valence electrons. The van der Waals surface area contributed by atoms with Gasteiger partial charge in [0.05, 0.1) is 0 Å². The fourth-order valence-corrected chi connectivity index (χ4v) is 3.93. The van der Waals surface area contributed by atoms with E-state index in [0.29, 0.717) is 43.8 Å². The van der Waals surface area contributed by atoms with Gasteiger partial charge in [-0.2, -0.15) is 10.1 Å². The molecule has 3 aromatic heterocycles. The number of H-pyrrole nitrogens is 1. The fourth-order valence-electron chi connectivity index (χ4n) is 3.93. The molecule has 0 spiro atoms. The molecule has 0 radical (unpaired) electrons. The zero-order valence-electron chi connectivity index (χ0n) is 18.2. The van der Waals surface area contributed by atoms with Crippen molar-refractivity contribution in [2.75, 3.05) is 36.4 Å². The molecule has 4 aromatic rings. The largest absolute Gasteiger partial charge is 0.336 e. The summed E-state index contributed by atoms with van der Waals surface area (Å²) in [6.45, 7) is 6.67. The van der Waals surface area contributed by atoms with Gasteiger partial charge in [-0.05, 0) is 43.2 Å². The van der Waals surface area contributed by atoms with E-state index in [4.69, 9.17) is 4.98 Å². The van der Waals surface area contributed by atoms with Crippen molar-refractivity contribution in [3.8, 4) is 0 Å². The molecule has 1 fully saturated rings. The minimum atomic E-state index is 0.0744. The number of rotatable bonds is 5. The van der Waals surface area contributed by atoms with Crippen molar-refractivity contribution in [3.05, 3.63) is 65.5 Å². The third-order valence-electron chi connectivity index (χ3n) is 5.79. The van der Waals surface area contributed by atoms with Crippen molar-refractivity contribution in [1.29, 1.82) is 0 Å². The highest BCUT2D eigenvalue weighted by atomic mass is 16.2. The van der Waals surface area contributed by atoms with E-state index in [1.54, 1.807) is 0 Å². The molecule has 2 N–H and O–H groups in total. The zero-order valence-corrected chi connectivity index (χ0v) is 18.2. The SMILES string of the molecule is CCc1ccc(C(=O)N2CCN(c3nc(Nc4cc(C)[nH]n4)c4cccn4n3)CC2)cc1. The lowest BCUT2D eigenvalue weighted by atomic mass is 10.1. The van der Waals surface area contributed by atoms with Crippen molar-refractivity contribution in [2.24, 2.45) is 0 Å². The normalized spacial score (nSPS) is 14.2. The smallest absolute Gasteiger partial charge is 0.253 e. The Morgan fingerprint density at radius 3 is 2.59 bits per heavy atom. The molecule has 9 heteroatoms. The van der Waals surface area contributed by atoms with Crippen molar-refractivity contribution in [1.82, 2.24) is 29.7 Å². The average molecular weight is 431 g/mol. The summed E-state index contributed by atoms with van der Waals surface area (Å²) in [6.07, 6.45) is 2.87. The van der Waals surface area contributed by atoms with Crippen LogP contribution < -0.4 is 10.2 Å². The minimum absolute atomic E-state index is 0.0744. The van der Waals surface area contributed by atoms with Gasteiger partial charge in [-0.1, -0.05) is 19.1 Å². The third-order valence-corrected chi connectivity index (χ3v) is 5.79. The number of carbonyl (C=O) groups is 1. The Kier molecular flexibility index (Phi) is 5.22. The average Bonchev–Trinajstić information content (AvgIpc) is 3.47. The second-order valence-electron chi connectivity index (χ2n) is 7.99. The lowest BCUT2D eigenvalue weighted by Gasteiger charge is -2.34. The lowest BCUT2D eigenvalue weighted by molar-refractivity contribution is 0.0746. The van der Waals surface area contributed by atoms with Gasteiger partial charge in [0.15, 0.2) is 11.6 Å². The number of amides is 1. The Balaban J connectivity index is 1.31. The molecule has 0 atom stereocenters. The summed E-state index contributed by atoms with van der Waals surface area (Å²) in [7, 11) is 0. The minimum Gasteiger partial charge on any atom is -0.336 e. The maximum Gasteiger partial charge on any atom is 0.253 e. The van der Waals surface area contributed by atoms with Crippen molar-refractivity contribution >= 4 is 29.0 Å². The van der Waals surface area contributed by atoms with E-state index in [0.717, 1.165) is 23.2 Å². The van der Waals surface area contributed by atoms with Gasteiger partial charge in [0.25, 0.3) is 5.91 Å². The number of benzene rings is 1. The van der Waals surface area contributed by atoms with Gasteiger partial charge in [-0.15, -0.1) is 5.10 Å². The first-order chi connectivity index (χ1) is 15.6. The van der Waals surface area contributed by atoms with Crippen LogP contribution in [0.1, 0.15) is 28.5 Å². The number of aryl methyl sites for hydroxylation is 2. The molecule has 1 amide bonds. The molecule has 0 bridgehead atoms. The van der Waals surface area contributed by atoms with Crippen LogP contribution in [-0.2, 0) is 6.42 Å². The van der Waals surface area contributed by atoms with Gasteiger partial charge in [-0.25, -0.2) is 4.52 Å². The molecular weight excluding hydrogens is 404 g/mol. The maximum absolute atomic E-state index is 12.9. The van der Waals surface area contributed by atoms with Crippen LogP contribution in [0.3, 0.4) is 0 Å². The fraction of sp³-hybridized carbons (Fsp3) is 0.304. The number of piperazine rings is 1. The van der Waals surface area contributed by atoms with Gasteiger partial charge < -0.3 is 15.1 Å². The Morgan fingerprint density at radius 1 is 1.12 bits per heavy atom. The quantitative estimate of drug-likeness (QED) is 0.505. The van der Waals surface area contributed by atoms with E-state index >= 15 is 0 Å². The Labute approximate surface area is 186 Å². The summed E-state index contributed by atoms with van der Waals surface area (Å²) in [4.78, 5) is 21.7. The first kappa shape index (κ1) is 20.0. The summed E-state index contributed by atoms with van der Waals surface area (Å²) in [5, 5.41) is 15.1. The van der Waals surface area contributed by atoms with Gasteiger partial charge >= 0.3 is 0 Å². The van der Waals surface area contributed by atoms with Gasteiger partial charge in [0, 0.05) is 49.7 Å². The standard InChI is InChI=1S/C23H26N8O/c1-3-17-6-8-18(9-7-17)22(32)29-11-13-30(14-12-29)23-25-21(19-5-4-10-31(19)28-23)24-20-15-16(2)26-27-20/h4-10,15H,3,11-14H2,1-2H3,(H2,24,25,26,27,28). The topological polar surface area (TPSA) is 94.5 Å². The summed E-state index contributed by atoms with van der Waals surface area (Å²) < 4.78 is 1.82. The molecule has 4 heterocycles. The van der Waals surface area contributed by atoms with Crippen molar-refractivity contribution in [3.63, 3.8) is 0 Å². The van der Waals surface area contributed by atoms with Gasteiger partial charge in [0.1, 0.15) is 5.52 Å². The van der Waals surface area contributed by atoms with Crippen molar-refractivity contribution < 1.29 is 4.79 Å². The van der Waals surface area contributed by atoms with Gasteiger partial charge in [-0.3, -0.25) is 9.89 Å². The predicted molar refractivity (Wildman–Crippen MR) is 124 cm³/mol. The molecule has 1 saturated heterocycles. The second kappa shape index (κ2) is 8.33. The number of hydrogen-bond donors (Lipinski definition) is 2. The molecule has 32 heavy (non-hydrogen) atoms. The molecule has 9 nitrogen and oxygen atoms in total. The predicted octanol–water partition coefficient (Wildman–Crippen LogP) is 3.03. The number of anilines is 3. The molecule has 1 aliphatic rings. The van der Waals surface area contributed by atoms with Crippen LogP contribution in [0.2, 0.25) is 0 Å². The Hall–Kier alpha value is -3.88. The number of nitrogens with one attached hydrogen (secondary N) is 2. The number of fused-ring (bicyclic) bond motifs is 1. The molecule has 0 aliphatic carbocycles. The number of hydrogen-bond acceptors (Lipinski definition) is 6. The second-order valence-corrected chi connectivity index (χ2v) is 7.99. The van der Waals surface area contributed by atoms with Crippen LogP contribution in [0.4, 0.5) is 17.6 Å². The summed E-state index contributed by atoms with van der Waals surface area (Å²) in [5.41, 5.74) is 3.82. The summed E-state index contributed by atoms with van der Waals surface area (Å²) in [6, 6.07) is 13.7. The van der Waals surface area contributed by atoms with Crippen molar-refractivity contribution in [2.45, 2.75) is 20.3 Å². The Morgan fingerprint density at radius 2 is 1.91 bits per heavy atom. The van der Waals surface area contributed by atoms with E-state index < -0.39 is 0 Å². The number of aromatic nitrogens is 5. The maximum atomic E-state index is 12.9. The Bertz CT molecular complexity index is 1230. The number of aromatic amines is 1. The summed E-state index contributed by atoms with van der Waals surface area (Å²) >= 11 is 0. The van der Waals surface area contributed by atoms with E-state index in [1.165, 1.54) is 5.56 Å². The zero-order chi connectivity index (χ0) is 22.1. The summed E-state index contributed by atoms with van der Waals surface area (Å²) in [5.74, 6) is 2.11. The molecule has 5 rings (SSSR count). The third kappa shape index (κ3) is 3.89. The monoisotopic (exact) mass is 430 g/mol. The highest BCUT2D eigenvalue weighted by molar-refractivity contribution is 5.94. The van der Waals surface area contributed by atoms with Crippen LogP contribution >= 0.6 is 0 Å². The van der Waals surface area contributed by atoms with Gasteiger partial charge in [0.2, 0.25) is 5.95 Å². The molecule has 1 aromatic carbocycles.